The van der Waals surface area contributed by atoms with Crippen LogP contribution >= 0.6 is 0 Å². The van der Waals surface area contributed by atoms with Crippen molar-refractivity contribution in [3.05, 3.63) is 18.7 Å². The summed E-state index contributed by atoms with van der Waals surface area (Å²) >= 11 is 0. The number of imidazole rings is 1. The van der Waals surface area contributed by atoms with Crippen LogP contribution in [-0.4, -0.2) is 10.5 Å². The normalized spacial score (nSPS) is 12.6. The molecule has 4 nitrogen and oxygen atoms in total. The first-order chi connectivity index (χ1) is 20.0. The van der Waals surface area contributed by atoms with Crippen LogP contribution in [-0.2, 0) is 17.9 Å². The first-order valence-electron chi connectivity index (χ1n) is 18.3. The Morgan fingerprint density at radius 2 is 1.10 bits per heavy atom. The Balaban J connectivity index is 0.00000136. The molecule has 0 aromatic carbocycles. The molecule has 0 saturated heterocycles. The second kappa shape index (κ2) is 30.1. The van der Waals surface area contributed by atoms with Crippen LogP contribution in [0, 0.1) is 11.8 Å². The third-order valence-electron chi connectivity index (χ3n) is 8.76. The summed E-state index contributed by atoms with van der Waals surface area (Å²) in [5, 5.41) is 10.3. The third kappa shape index (κ3) is 24.9. The van der Waals surface area contributed by atoms with Gasteiger partial charge in [0.1, 0.15) is 12.4 Å². The van der Waals surface area contributed by atoms with Crippen molar-refractivity contribution < 1.29 is 14.5 Å². The van der Waals surface area contributed by atoms with Gasteiger partial charge in [0.15, 0.2) is 0 Å². The van der Waals surface area contributed by atoms with E-state index in [1.54, 1.807) is 0 Å². The molecule has 0 spiro atoms. The van der Waals surface area contributed by atoms with Crippen LogP contribution in [0.3, 0.4) is 0 Å². The number of unbranched alkanes of at least 4 members (excludes halogenated alkanes) is 17. The van der Waals surface area contributed by atoms with Crippen LogP contribution in [0.2, 0.25) is 0 Å². The van der Waals surface area contributed by atoms with Crippen molar-refractivity contribution in [2.45, 2.75) is 202 Å². The smallest absolute Gasteiger partial charge is 0.243 e. The fraction of sp³-hybridized carbons (Fsp3) is 0.892. The number of carbonyl (C=O) groups excluding carboxylic acids is 1. The molecule has 0 amide bonds. The molecule has 0 bridgehead atoms. The van der Waals surface area contributed by atoms with Crippen LogP contribution in [0.15, 0.2) is 18.7 Å². The van der Waals surface area contributed by atoms with Crippen LogP contribution in [0.5, 0.6) is 0 Å². The van der Waals surface area contributed by atoms with E-state index in [9.17, 15) is 9.90 Å². The van der Waals surface area contributed by atoms with Gasteiger partial charge in [-0.15, -0.1) is 0 Å². The van der Waals surface area contributed by atoms with Gasteiger partial charge in [-0.2, -0.15) is 0 Å². The molecule has 242 valence electrons. The number of aliphatic carboxylic acids is 1. The lowest BCUT2D eigenvalue weighted by molar-refractivity contribution is -0.703. The van der Waals surface area contributed by atoms with Gasteiger partial charge in [-0.3, -0.25) is 0 Å². The second-order valence-corrected chi connectivity index (χ2v) is 12.6. The van der Waals surface area contributed by atoms with Crippen molar-refractivity contribution in [3.8, 4) is 0 Å². The summed E-state index contributed by atoms with van der Waals surface area (Å²) in [4.78, 5) is 10.3. The Morgan fingerprint density at radius 1 is 0.634 bits per heavy atom. The molecule has 0 saturated carbocycles. The molecule has 41 heavy (non-hydrogen) atoms. The zero-order valence-corrected chi connectivity index (χ0v) is 28.5. The monoisotopic (exact) mass is 577 g/mol. The van der Waals surface area contributed by atoms with Gasteiger partial charge in [-0.1, -0.05) is 150 Å². The van der Waals surface area contributed by atoms with Crippen molar-refractivity contribution in [1.29, 1.82) is 0 Å². The Labute approximate surface area is 257 Å². The number of hydrogen-bond donors (Lipinski definition) is 0. The van der Waals surface area contributed by atoms with Crippen LogP contribution < -0.4 is 9.67 Å². The summed E-state index contributed by atoms with van der Waals surface area (Å²) in [6, 6.07) is 0. The molecule has 1 rings (SSSR count). The number of aromatic nitrogens is 2. The van der Waals surface area contributed by atoms with Crippen molar-refractivity contribution in [3.63, 3.8) is 0 Å². The van der Waals surface area contributed by atoms with E-state index in [0.29, 0.717) is 6.42 Å². The van der Waals surface area contributed by atoms with Crippen LogP contribution in [0.25, 0.3) is 0 Å². The first kappa shape index (κ1) is 39.7. The molecular formula is C37H72N2O2. The average molecular weight is 577 g/mol. The summed E-state index contributed by atoms with van der Waals surface area (Å²) in [5.74, 6) is -0.271. The number of carboxylic acids is 1. The quantitative estimate of drug-likeness (QED) is 0.0736. The van der Waals surface area contributed by atoms with E-state index in [4.69, 9.17) is 0 Å². The maximum Gasteiger partial charge on any atom is 0.243 e. The molecular weight excluding hydrogens is 504 g/mol. The third-order valence-corrected chi connectivity index (χ3v) is 8.76. The lowest BCUT2D eigenvalue weighted by Gasteiger charge is -2.14. The van der Waals surface area contributed by atoms with Crippen molar-refractivity contribution in [2.75, 3.05) is 0 Å². The lowest BCUT2D eigenvalue weighted by Crippen LogP contribution is -2.35. The minimum absolute atomic E-state index is 0.222. The molecule has 1 aromatic heterocycles. The highest BCUT2D eigenvalue weighted by atomic mass is 16.4. The number of carboxylic acid groups (broad SMARTS) is 1. The van der Waals surface area contributed by atoms with Gasteiger partial charge in [-0.25, -0.2) is 9.13 Å². The Bertz CT molecular complexity index is 672. The minimum Gasteiger partial charge on any atom is -0.550 e. The van der Waals surface area contributed by atoms with Crippen molar-refractivity contribution in [1.82, 2.24) is 4.57 Å². The van der Waals surface area contributed by atoms with Gasteiger partial charge in [0.25, 0.3) is 0 Å². The van der Waals surface area contributed by atoms with Crippen molar-refractivity contribution in [2.24, 2.45) is 11.8 Å². The zero-order chi connectivity index (χ0) is 30.4. The molecule has 0 N–H and O–H groups in total. The number of carbonyl (C=O) groups is 1. The highest BCUT2D eigenvalue weighted by Crippen LogP contribution is 2.15. The van der Waals surface area contributed by atoms with Crippen LogP contribution in [0.4, 0.5) is 0 Å². The topological polar surface area (TPSA) is 48.9 Å². The van der Waals surface area contributed by atoms with Gasteiger partial charge < -0.3 is 9.90 Å². The second-order valence-electron chi connectivity index (χ2n) is 12.6. The zero-order valence-electron chi connectivity index (χ0n) is 28.5. The Morgan fingerprint density at radius 3 is 1.54 bits per heavy atom. The average Bonchev–Trinajstić information content (AvgIpc) is 3.42. The van der Waals surface area contributed by atoms with E-state index in [1.807, 2.05) is 6.92 Å². The Hall–Kier alpha value is -1.32. The minimum atomic E-state index is -0.893. The molecule has 4 heteroatoms. The molecule has 2 atom stereocenters. The molecule has 0 aliphatic carbocycles. The van der Waals surface area contributed by atoms with Gasteiger partial charge in [0.2, 0.25) is 6.33 Å². The lowest BCUT2D eigenvalue weighted by atomic mass is 9.99. The SMILES string of the molecule is CCCCC(CC)C(=O)[O-].CCCCCCCCCCCCCCCCCCn1cc[n+](CC(CC)CCCC)c1. The first-order valence-corrected chi connectivity index (χ1v) is 18.3. The fourth-order valence-electron chi connectivity index (χ4n) is 5.68. The largest absolute Gasteiger partial charge is 0.550 e. The summed E-state index contributed by atoms with van der Waals surface area (Å²) in [6.07, 6.45) is 38.9. The summed E-state index contributed by atoms with van der Waals surface area (Å²) < 4.78 is 4.81. The fourth-order valence-corrected chi connectivity index (χ4v) is 5.68. The van der Waals surface area contributed by atoms with Gasteiger partial charge >= 0.3 is 0 Å². The van der Waals surface area contributed by atoms with Gasteiger partial charge in [0.05, 0.1) is 13.1 Å². The highest BCUT2D eigenvalue weighted by Gasteiger charge is 2.11. The highest BCUT2D eigenvalue weighted by molar-refractivity contribution is 5.67. The standard InChI is InChI=1S/C29H57N2.C8H16O2/c1-4-7-9-10-11-12-13-14-15-16-17-18-19-20-21-22-24-30-25-26-31(28-30)27-29(6-3)23-8-5-2;1-3-5-6-7(4-2)8(9)10/h25-26,28-29H,4-24,27H2,1-3H3;7H,3-6H2,1-2H3,(H,9,10)/q+1;/p-1. The van der Waals surface area contributed by atoms with E-state index in [-0.39, 0.29) is 5.92 Å². The van der Waals surface area contributed by atoms with E-state index in [0.717, 1.165) is 25.2 Å². The number of rotatable bonds is 28. The number of hydrogen-bond acceptors (Lipinski definition) is 2. The molecule has 0 aliphatic rings. The molecule has 1 aromatic rings. The predicted molar refractivity (Wildman–Crippen MR) is 176 cm³/mol. The van der Waals surface area contributed by atoms with Crippen LogP contribution in [0.1, 0.15) is 189 Å². The van der Waals surface area contributed by atoms with E-state index in [1.165, 1.54) is 142 Å². The van der Waals surface area contributed by atoms with Gasteiger partial charge in [-0.05, 0) is 50.4 Å². The molecule has 0 fully saturated rings. The van der Waals surface area contributed by atoms with E-state index in [2.05, 4.69) is 55.6 Å². The van der Waals surface area contributed by atoms with E-state index >= 15 is 0 Å². The maximum absolute atomic E-state index is 10.3. The van der Waals surface area contributed by atoms with E-state index < -0.39 is 5.97 Å². The summed E-state index contributed by atoms with van der Waals surface area (Å²) in [5.41, 5.74) is 0. The summed E-state index contributed by atoms with van der Waals surface area (Å²) in [7, 11) is 0. The predicted octanol–water partition coefficient (Wildman–Crippen LogP) is 10.2. The molecule has 0 radical (unpaired) electrons. The van der Waals surface area contributed by atoms with Gasteiger partial charge in [0, 0.05) is 5.97 Å². The number of aryl methyl sites for hydroxylation is 1. The maximum atomic E-state index is 10.3. The number of nitrogens with zero attached hydrogens (tertiary/aromatic N) is 2. The van der Waals surface area contributed by atoms with Crippen molar-refractivity contribution >= 4 is 5.97 Å². The summed E-state index contributed by atoms with van der Waals surface area (Å²) in [6.45, 7) is 13.3. The molecule has 1 heterocycles. The molecule has 0 aliphatic heterocycles. The molecule has 2 unspecified atom stereocenters. The Kier molecular flexibility index (Phi) is 29.2.